The number of para-hydroxylation sites is 2. The summed E-state index contributed by atoms with van der Waals surface area (Å²) in [7, 11) is 1.63. The predicted molar refractivity (Wildman–Crippen MR) is 133 cm³/mol. The van der Waals surface area contributed by atoms with Gasteiger partial charge < -0.3 is 10.1 Å². The summed E-state index contributed by atoms with van der Waals surface area (Å²) in [5, 5.41) is 3.45. The lowest BCUT2D eigenvalue weighted by molar-refractivity contribution is -0.124. The molecule has 8 heteroatoms. The second kappa shape index (κ2) is 9.19. The van der Waals surface area contributed by atoms with Crippen LogP contribution in [-0.4, -0.2) is 35.0 Å². The number of halogens is 1. The molecule has 0 fully saturated rings. The number of hydrogen-bond acceptors (Lipinski definition) is 4. The van der Waals surface area contributed by atoms with Crippen LogP contribution in [0.1, 0.15) is 18.0 Å². The van der Waals surface area contributed by atoms with E-state index in [1.54, 1.807) is 36.3 Å². The van der Waals surface area contributed by atoms with Gasteiger partial charge in [0.1, 0.15) is 11.8 Å². The Morgan fingerprint density at radius 1 is 1.06 bits per heavy atom. The van der Waals surface area contributed by atoms with E-state index in [-0.39, 0.29) is 18.2 Å². The molecule has 172 valence electrons. The van der Waals surface area contributed by atoms with E-state index in [2.05, 4.69) is 5.32 Å². The highest BCUT2D eigenvalue weighted by molar-refractivity contribution is 6.30. The van der Waals surface area contributed by atoms with Crippen molar-refractivity contribution in [3.8, 4) is 5.75 Å². The summed E-state index contributed by atoms with van der Waals surface area (Å²) in [5.74, 6) is 0.980. The van der Waals surface area contributed by atoms with Crippen molar-refractivity contribution >= 4 is 46.1 Å². The van der Waals surface area contributed by atoms with Gasteiger partial charge in [0.15, 0.2) is 0 Å². The standard InChI is InChI=1S/C26H23ClN4O3/c1-34-20-12-6-17(7-13-20)14-15-30-25(33)23(16-24(32)28-19-10-8-18(27)9-11-19)31-22-5-3-2-4-21(22)29-26(30)31/h2-13,23H,14-16H2,1H3,(H,28,32)/t23-/m1/s1. The normalized spacial score (nSPS) is 14.9. The number of anilines is 2. The fourth-order valence-corrected chi connectivity index (χ4v) is 4.39. The van der Waals surface area contributed by atoms with Gasteiger partial charge in [-0.25, -0.2) is 4.98 Å². The first-order chi connectivity index (χ1) is 16.5. The van der Waals surface area contributed by atoms with Gasteiger partial charge in [0.05, 0.1) is 24.6 Å². The summed E-state index contributed by atoms with van der Waals surface area (Å²) in [6.07, 6.45) is 0.663. The highest BCUT2D eigenvalue weighted by atomic mass is 35.5. The minimum atomic E-state index is -0.662. The van der Waals surface area contributed by atoms with Crippen LogP contribution in [0, 0.1) is 0 Å². The van der Waals surface area contributed by atoms with Gasteiger partial charge in [0.25, 0.3) is 5.91 Å². The first-order valence-electron chi connectivity index (χ1n) is 11.0. The van der Waals surface area contributed by atoms with Crippen molar-refractivity contribution in [2.45, 2.75) is 18.9 Å². The number of fused-ring (bicyclic) bond motifs is 3. The van der Waals surface area contributed by atoms with Crippen LogP contribution >= 0.6 is 11.6 Å². The van der Waals surface area contributed by atoms with Gasteiger partial charge in [0.2, 0.25) is 11.9 Å². The number of aromatic nitrogens is 2. The van der Waals surface area contributed by atoms with Gasteiger partial charge in [-0.3, -0.25) is 19.1 Å². The molecule has 0 spiro atoms. The second-order valence-corrected chi connectivity index (χ2v) is 8.57. The minimum Gasteiger partial charge on any atom is -0.497 e. The van der Waals surface area contributed by atoms with Crippen LogP contribution in [0.5, 0.6) is 5.75 Å². The molecule has 2 heterocycles. The van der Waals surface area contributed by atoms with Crippen LogP contribution in [0.4, 0.5) is 11.6 Å². The molecule has 0 radical (unpaired) electrons. The van der Waals surface area contributed by atoms with E-state index in [0.717, 1.165) is 22.3 Å². The van der Waals surface area contributed by atoms with Crippen molar-refractivity contribution in [1.29, 1.82) is 0 Å². The van der Waals surface area contributed by atoms with Crippen LogP contribution in [0.25, 0.3) is 11.0 Å². The van der Waals surface area contributed by atoms with Crippen molar-refractivity contribution in [2.24, 2.45) is 0 Å². The number of benzene rings is 3. The molecule has 4 aromatic rings. The number of imidazole rings is 1. The van der Waals surface area contributed by atoms with Crippen LogP contribution in [0.2, 0.25) is 5.02 Å². The number of amides is 2. The molecule has 7 nitrogen and oxygen atoms in total. The third-order valence-electron chi connectivity index (χ3n) is 5.97. The average Bonchev–Trinajstić information content (AvgIpc) is 3.34. The lowest BCUT2D eigenvalue weighted by Gasteiger charge is -2.16. The van der Waals surface area contributed by atoms with Crippen molar-refractivity contribution in [2.75, 3.05) is 23.9 Å². The predicted octanol–water partition coefficient (Wildman–Crippen LogP) is 4.86. The molecular weight excluding hydrogens is 452 g/mol. The molecule has 1 atom stereocenters. The van der Waals surface area contributed by atoms with E-state index in [1.807, 2.05) is 53.1 Å². The number of hydrogen-bond donors (Lipinski definition) is 1. The molecule has 0 saturated carbocycles. The van der Waals surface area contributed by atoms with E-state index >= 15 is 0 Å². The monoisotopic (exact) mass is 474 g/mol. The zero-order valence-electron chi connectivity index (χ0n) is 18.6. The topological polar surface area (TPSA) is 76.5 Å². The number of rotatable bonds is 7. The Kier molecular flexibility index (Phi) is 5.94. The maximum Gasteiger partial charge on any atom is 0.253 e. The minimum absolute atomic E-state index is 0.00779. The van der Waals surface area contributed by atoms with Gasteiger partial charge >= 0.3 is 0 Å². The fourth-order valence-electron chi connectivity index (χ4n) is 4.26. The van der Waals surface area contributed by atoms with Gasteiger partial charge in [0, 0.05) is 17.3 Å². The highest BCUT2D eigenvalue weighted by Crippen LogP contribution is 2.36. The number of ether oxygens (including phenoxy) is 1. The Bertz CT molecular complexity index is 1350. The summed E-state index contributed by atoms with van der Waals surface area (Å²) >= 11 is 5.93. The van der Waals surface area contributed by atoms with E-state index < -0.39 is 6.04 Å². The molecule has 5 rings (SSSR count). The molecule has 0 saturated heterocycles. The number of carbonyl (C=O) groups is 2. The largest absolute Gasteiger partial charge is 0.497 e. The van der Waals surface area contributed by atoms with Crippen LogP contribution in [-0.2, 0) is 16.0 Å². The molecule has 3 aromatic carbocycles. The fraction of sp³-hybridized carbons (Fsp3) is 0.192. The van der Waals surface area contributed by atoms with Gasteiger partial charge in [-0.05, 0) is 60.5 Å². The molecule has 1 aromatic heterocycles. The lowest BCUT2D eigenvalue weighted by Crippen LogP contribution is -2.33. The van der Waals surface area contributed by atoms with Gasteiger partial charge in [-0.15, -0.1) is 0 Å². The Hall–Kier alpha value is -3.84. The SMILES string of the molecule is COc1ccc(CCN2C(=O)[C@@H](CC(=O)Nc3ccc(Cl)cc3)n3c2nc2ccccc23)cc1. The van der Waals surface area contributed by atoms with Gasteiger partial charge in [-0.1, -0.05) is 35.9 Å². The Balaban J connectivity index is 1.39. The Morgan fingerprint density at radius 3 is 2.53 bits per heavy atom. The van der Waals surface area contributed by atoms with Gasteiger partial charge in [-0.2, -0.15) is 0 Å². The number of methoxy groups -OCH3 is 1. The Labute approximate surface area is 201 Å². The lowest BCUT2D eigenvalue weighted by atomic mass is 10.1. The maximum absolute atomic E-state index is 13.5. The number of nitrogens with zero attached hydrogens (tertiary/aromatic N) is 3. The molecule has 0 aliphatic carbocycles. The van der Waals surface area contributed by atoms with Crippen molar-refractivity contribution in [1.82, 2.24) is 9.55 Å². The average molecular weight is 475 g/mol. The summed E-state index contributed by atoms with van der Waals surface area (Å²) in [6, 6.07) is 21.7. The summed E-state index contributed by atoms with van der Waals surface area (Å²) in [5.41, 5.74) is 3.34. The third kappa shape index (κ3) is 4.22. The number of carbonyl (C=O) groups excluding carboxylic acids is 2. The van der Waals surface area contributed by atoms with E-state index in [9.17, 15) is 9.59 Å². The molecular formula is C26H23ClN4O3. The van der Waals surface area contributed by atoms with Crippen molar-refractivity contribution in [3.63, 3.8) is 0 Å². The molecule has 1 N–H and O–H groups in total. The maximum atomic E-state index is 13.5. The Morgan fingerprint density at radius 2 is 1.79 bits per heavy atom. The summed E-state index contributed by atoms with van der Waals surface area (Å²) in [6.45, 7) is 0.462. The van der Waals surface area contributed by atoms with E-state index in [1.165, 1.54) is 0 Å². The molecule has 0 unspecified atom stereocenters. The molecule has 0 bridgehead atoms. The highest BCUT2D eigenvalue weighted by Gasteiger charge is 2.40. The van der Waals surface area contributed by atoms with E-state index in [4.69, 9.17) is 21.3 Å². The smallest absolute Gasteiger partial charge is 0.253 e. The first kappa shape index (κ1) is 22.0. The second-order valence-electron chi connectivity index (χ2n) is 8.13. The van der Waals surface area contributed by atoms with Crippen LogP contribution < -0.4 is 15.0 Å². The first-order valence-corrected chi connectivity index (χ1v) is 11.4. The summed E-state index contributed by atoms with van der Waals surface area (Å²) in [4.78, 5) is 32.7. The van der Waals surface area contributed by atoms with E-state index in [0.29, 0.717) is 29.6 Å². The van der Waals surface area contributed by atoms with Crippen LogP contribution in [0.3, 0.4) is 0 Å². The van der Waals surface area contributed by atoms with Crippen LogP contribution in [0.15, 0.2) is 72.8 Å². The summed E-state index contributed by atoms with van der Waals surface area (Å²) < 4.78 is 7.10. The molecule has 1 aliphatic heterocycles. The molecule has 1 aliphatic rings. The molecule has 2 amide bonds. The molecule has 34 heavy (non-hydrogen) atoms. The third-order valence-corrected chi connectivity index (χ3v) is 6.22. The zero-order valence-corrected chi connectivity index (χ0v) is 19.3. The van der Waals surface area contributed by atoms with Crippen molar-refractivity contribution < 1.29 is 14.3 Å². The quantitative estimate of drug-likeness (QED) is 0.415. The van der Waals surface area contributed by atoms with Crippen molar-refractivity contribution in [3.05, 3.63) is 83.4 Å². The zero-order chi connectivity index (χ0) is 23.7. The number of nitrogens with one attached hydrogen (secondary N) is 1.